The van der Waals surface area contributed by atoms with Crippen LogP contribution in [0.3, 0.4) is 0 Å². The minimum Gasteiger partial charge on any atom is -0.489 e. The molecule has 3 aromatic carbocycles. The van der Waals surface area contributed by atoms with Gasteiger partial charge in [-0.2, -0.15) is 0 Å². The van der Waals surface area contributed by atoms with E-state index in [1.54, 1.807) is 30.3 Å². The molecule has 0 aliphatic carbocycles. The van der Waals surface area contributed by atoms with E-state index in [1.165, 1.54) is 17.0 Å². The number of nitrogens with zero attached hydrogens (tertiary/aromatic N) is 1. The van der Waals surface area contributed by atoms with E-state index in [0.717, 1.165) is 11.1 Å². The summed E-state index contributed by atoms with van der Waals surface area (Å²) in [5.74, 6) is -0.183. The van der Waals surface area contributed by atoms with E-state index < -0.39 is 17.8 Å². The van der Waals surface area contributed by atoms with E-state index in [9.17, 15) is 14.4 Å². The molecule has 9 nitrogen and oxygen atoms in total. The Kier molecular flexibility index (Phi) is 9.74. The van der Waals surface area contributed by atoms with Crippen molar-refractivity contribution >= 4 is 29.4 Å². The zero-order chi connectivity index (χ0) is 26.8. The summed E-state index contributed by atoms with van der Waals surface area (Å²) in [5, 5.41) is 0.263. The van der Waals surface area contributed by atoms with Gasteiger partial charge < -0.3 is 20.1 Å². The molecule has 194 valence electrons. The van der Waals surface area contributed by atoms with Gasteiger partial charge in [-0.3, -0.25) is 15.0 Å². The van der Waals surface area contributed by atoms with Gasteiger partial charge in [0, 0.05) is 12.1 Å². The quantitative estimate of drug-likeness (QED) is 0.345. The third-order valence-corrected chi connectivity index (χ3v) is 5.31. The molecule has 4 amide bonds. The number of primary amides is 1. The Bertz CT molecular complexity index is 1220. The topological polar surface area (TPSA) is 123 Å². The number of amides is 4. The summed E-state index contributed by atoms with van der Waals surface area (Å²) in [6, 6.07) is 20.7. The van der Waals surface area contributed by atoms with Crippen LogP contribution in [0.2, 0.25) is 5.02 Å². The lowest BCUT2D eigenvalue weighted by Crippen LogP contribution is -2.50. The second-order valence-corrected chi connectivity index (χ2v) is 8.84. The van der Waals surface area contributed by atoms with Gasteiger partial charge in [-0.25, -0.2) is 10.2 Å². The van der Waals surface area contributed by atoms with Crippen LogP contribution in [0.1, 0.15) is 35.3 Å². The van der Waals surface area contributed by atoms with Gasteiger partial charge in [0.05, 0.1) is 11.1 Å². The van der Waals surface area contributed by atoms with Gasteiger partial charge in [-0.15, -0.1) is 0 Å². The Morgan fingerprint density at radius 1 is 0.946 bits per heavy atom. The minimum absolute atomic E-state index is 0.0780. The smallest absolute Gasteiger partial charge is 0.336 e. The molecule has 0 atom stereocenters. The van der Waals surface area contributed by atoms with Crippen molar-refractivity contribution < 1.29 is 23.9 Å². The van der Waals surface area contributed by atoms with Crippen LogP contribution in [0.25, 0.3) is 0 Å². The van der Waals surface area contributed by atoms with Gasteiger partial charge in [-0.1, -0.05) is 54.1 Å². The standard InChI is InChI=1S/C27H29ClN4O5/c1-18(2)37-24-13-10-21(14-23(24)28)26(34)30-31-27(35)32(16-25(29)33)15-19-8-11-22(12-9-19)36-17-20-6-4-3-5-7-20/h3-14,18H,15-17H2,1-2H3,(H2,29,33)(H,30,34)(H,31,35). The van der Waals surface area contributed by atoms with Crippen molar-refractivity contribution in [2.75, 3.05) is 6.54 Å². The van der Waals surface area contributed by atoms with Crippen molar-refractivity contribution in [3.63, 3.8) is 0 Å². The van der Waals surface area contributed by atoms with E-state index in [4.69, 9.17) is 26.8 Å². The first kappa shape index (κ1) is 27.3. The van der Waals surface area contributed by atoms with Crippen molar-refractivity contribution in [1.82, 2.24) is 15.8 Å². The number of benzene rings is 3. The summed E-state index contributed by atoms with van der Waals surface area (Å²) in [5.41, 5.74) is 11.9. The van der Waals surface area contributed by atoms with Gasteiger partial charge in [0.2, 0.25) is 5.91 Å². The first-order chi connectivity index (χ1) is 17.7. The molecule has 0 heterocycles. The summed E-state index contributed by atoms with van der Waals surface area (Å²) in [7, 11) is 0. The normalized spacial score (nSPS) is 10.5. The highest BCUT2D eigenvalue weighted by Gasteiger charge is 2.18. The molecule has 0 fully saturated rings. The lowest BCUT2D eigenvalue weighted by molar-refractivity contribution is -0.118. The number of nitrogens with two attached hydrogens (primary N) is 1. The molecule has 3 rings (SSSR count). The van der Waals surface area contributed by atoms with Gasteiger partial charge in [-0.05, 0) is 55.3 Å². The van der Waals surface area contributed by atoms with Gasteiger partial charge in [0.15, 0.2) is 0 Å². The molecule has 0 saturated heterocycles. The van der Waals surface area contributed by atoms with E-state index in [0.29, 0.717) is 18.1 Å². The fourth-order valence-electron chi connectivity index (χ4n) is 3.29. The van der Waals surface area contributed by atoms with Crippen LogP contribution in [0.5, 0.6) is 11.5 Å². The van der Waals surface area contributed by atoms with Crippen molar-refractivity contribution in [3.05, 3.63) is 94.5 Å². The van der Waals surface area contributed by atoms with Gasteiger partial charge in [0.25, 0.3) is 5.91 Å². The zero-order valence-electron chi connectivity index (χ0n) is 20.6. The van der Waals surface area contributed by atoms with Crippen LogP contribution in [0.15, 0.2) is 72.8 Å². The average molecular weight is 525 g/mol. The Labute approximate surface area is 220 Å². The largest absolute Gasteiger partial charge is 0.489 e. The molecule has 0 bridgehead atoms. The molecule has 0 aliphatic rings. The van der Waals surface area contributed by atoms with E-state index in [-0.39, 0.29) is 29.8 Å². The summed E-state index contributed by atoms with van der Waals surface area (Å²) >= 11 is 6.18. The summed E-state index contributed by atoms with van der Waals surface area (Å²) in [4.78, 5) is 37.9. The first-order valence-corrected chi connectivity index (χ1v) is 11.9. The van der Waals surface area contributed by atoms with Gasteiger partial charge in [0.1, 0.15) is 24.7 Å². The van der Waals surface area contributed by atoms with Crippen molar-refractivity contribution in [1.29, 1.82) is 0 Å². The number of carbonyl (C=O) groups excluding carboxylic acids is 3. The van der Waals surface area contributed by atoms with E-state index in [1.807, 2.05) is 44.2 Å². The molecule has 3 aromatic rings. The molecular formula is C27H29ClN4O5. The fourth-order valence-corrected chi connectivity index (χ4v) is 3.52. The number of hydrazine groups is 1. The molecule has 0 spiro atoms. The Balaban J connectivity index is 1.57. The van der Waals surface area contributed by atoms with Crippen LogP contribution in [-0.2, 0) is 17.9 Å². The number of carbonyl (C=O) groups is 3. The second-order valence-electron chi connectivity index (χ2n) is 8.44. The Hall–Kier alpha value is -4.24. The number of urea groups is 1. The number of hydrogen-bond donors (Lipinski definition) is 3. The van der Waals surface area contributed by atoms with Crippen molar-refractivity contribution in [3.8, 4) is 11.5 Å². The highest BCUT2D eigenvalue weighted by molar-refractivity contribution is 6.32. The third kappa shape index (κ3) is 8.73. The molecular weight excluding hydrogens is 496 g/mol. The van der Waals surface area contributed by atoms with Crippen molar-refractivity contribution in [2.45, 2.75) is 33.1 Å². The monoisotopic (exact) mass is 524 g/mol. The first-order valence-electron chi connectivity index (χ1n) is 11.6. The number of nitrogens with one attached hydrogen (secondary N) is 2. The van der Waals surface area contributed by atoms with Crippen LogP contribution in [0.4, 0.5) is 4.79 Å². The van der Waals surface area contributed by atoms with Crippen LogP contribution >= 0.6 is 11.6 Å². The fraction of sp³-hybridized carbons (Fsp3) is 0.222. The van der Waals surface area contributed by atoms with E-state index >= 15 is 0 Å². The Morgan fingerprint density at radius 3 is 2.27 bits per heavy atom. The molecule has 37 heavy (non-hydrogen) atoms. The highest BCUT2D eigenvalue weighted by atomic mass is 35.5. The summed E-state index contributed by atoms with van der Waals surface area (Å²) < 4.78 is 11.3. The summed E-state index contributed by atoms with van der Waals surface area (Å²) in [6.45, 7) is 3.88. The van der Waals surface area contributed by atoms with Crippen LogP contribution < -0.4 is 26.1 Å². The molecule has 0 radical (unpaired) electrons. The molecule has 0 aromatic heterocycles. The zero-order valence-corrected chi connectivity index (χ0v) is 21.3. The average Bonchev–Trinajstić information content (AvgIpc) is 2.87. The Morgan fingerprint density at radius 2 is 1.65 bits per heavy atom. The molecule has 0 unspecified atom stereocenters. The number of ether oxygens (including phenoxy) is 2. The summed E-state index contributed by atoms with van der Waals surface area (Å²) in [6.07, 6.45) is -0.0780. The maximum absolute atomic E-state index is 12.7. The lowest BCUT2D eigenvalue weighted by Gasteiger charge is -2.22. The minimum atomic E-state index is -0.706. The number of hydrogen-bond acceptors (Lipinski definition) is 5. The van der Waals surface area contributed by atoms with Crippen LogP contribution in [0, 0.1) is 0 Å². The van der Waals surface area contributed by atoms with E-state index in [2.05, 4.69) is 10.9 Å². The van der Waals surface area contributed by atoms with Gasteiger partial charge >= 0.3 is 6.03 Å². The molecule has 0 saturated carbocycles. The SMILES string of the molecule is CC(C)Oc1ccc(C(=O)NNC(=O)N(CC(N)=O)Cc2ccc(OCc3ccccc3)cc2)cc1Cl. The van der Waals surface area contributed by atoms with Crippen LogP contribution in [-0.4, -0.2) is 35.4 Å². The molecule has 10 heteroatoms. The highest BCUT2D eigenvalue weighted by Crippen LogP contribution is 2.26. The maximum atomic E-state index is 12.7. The number of rotatable bonds is 10. The van der Waals surface area contributed by atoms with Crippen molar-refractivity contribution in [2.24, 2.45) is 5.73 Å². The maximum Gasteiger partial charge on any atom is 0.336 e. The third-order valence-electron chi connectivity index (χ3n) is 5.02. The predicted octanol–water partition coefficient (Wildman–Crippen LogP) is 4.05. The predicted molar refractivity (Wildman–Crippen MR) is 140 cm³/mol. The number of halogens is 1. The second kappa shape index (κ2) is 13.2. The molecule has 4 N–H and O–H groups in total. The molecule has 0 aliphatic heterocycles. The lowest BCUT2D eigenvalue weighted by atomic mass is 10.2.